The van der Waals surface area contributed by atoms with Crippen LogP contribution in [-0.4, -0.2) is 26.4 Å². The molecule has 0 aliphatic carbocycles. The second-order valence-corrected chi connectivity index (χ2v) is 4.85. The molecule has 1 aliphatic heterocycles. The Balaban J connectivity index is 2.03. The van der Waals surface area contributed by atoms with Crippen LogP contribution in [0.25, 0.3) is 16.7 Å². The highest BCUT2D eigenvalue weighted by Crippen LogP contribution is 2.26. The highest BCUT2D eigenvalue weighted by atomic mass is 16.1. The Labute approximate surface area is 120 Å². The number of nitrogens with zero attached hydrogens (tertiary/aromatic N) is 4. The summed E-state index contributed by atoms with van der Waals surface area (Å²) in [5, 5.41) is 7.88. The third-order valence-corrected chi connectivity index (χ3v) is 3.68. The predicted octanol–water partition coefficient (Wildman–Crippen LogP) is 1.54. The maximum atomic E-state index is 12.1. The average molecular weight is 279 g/mol. The SMILES string of the molecule is CNc1nc(=O)c2cnn3c2n1CC=C3c1ccccc1. The third kappa shape index (κ3) is 1.62. The average Bonchev–Trinajstić information content (AvgIpc) is 2.98. The fourth-order valence-electron chi connectivity index (χ4n) is 2.72. The van der Waals surface area contributed by atoms with Crippen molar-refractivity contribution in [3.05, 3.63) is 58.5 Å². The van der Waals surface area contributed by atoms with E-state index in [1.54, 1.807) is 17.9 Å². The van der Waals surface area contributed by atoms with E-state index in [0.717, 1.165) is 16.9 Å². The van der Waals surface area contributed by atoms with Crippen molar-refractivity contribution in [2.75, 3.05) is 12.4 Å². The zero-order chi connectivity index (χ0) is 14.4. The Morgan fingerprint density at radius 2 is 2.05 bits per heavy atom. The molecule has 21 heavy (non-hydrogen) atoms. The number of allylic oxidation sites excluding steroid dienone is 1. The van der Waals surface area contributed by atoms with E-state index in [-0.39, 0.29) is 5.56 Å². The Kier molecular flexibility index (Phi) is 2.44. The molecule has 0 saturated heterocycles. The fraction of sp³-hybridized carbons (Fsp3) is 0.133. The molecule has 1 aliphatic rings. The van der Waals surface area contributed by atoms with E-state index in [9.17, 15) is 4.79 Å². The molecule has 0 amide bonds. The van der Waals surface area contributed by atoms with E-state index in [2.05, 4.69) is 21.5 Å². The van der Waals surface area contributed by atoms with Crippen LogP contribution in [0.5, 0.6) is 0 Å². The number of rotatable bonds is 2. The summed E-state index contributed by atoms with van der Waals surface area (Å²) in [6.07, 6.45) is 3.67. The first kappa shape index (κ1) is 11.9. The van der Waals surface area contributed by atoms with Crippen molar-refractivity contribution >= 4 is 22.7 Å². The van der Waals surface area contributed by atoms with Gasteiger partial charge in [-0.3, -0.25) is 9.36 Å². The van der Waals surface area contributed by atoms with Gasteiger partial charge in [-0.15, -0.1) is 0 Å². The first-order valence-electron chi connectivity index (χ1n) is 6.72. The number of benzene rings is 1. The fourth-order valence-corrected chi connectivity index (χ4v) is 2.72. The number of hydrogen-bond acceptors (Lipinski definition) is 4. The summed E-state index contributed by atoms with van der Waals surface area (Å²) in [5.41, 5.74) is 2.58. The van der Waals surface area contributed by atoms with Crippen molar-refractivity contribution < 1.29 is 0 Å². The van der Waals surface area contributed by atoms with Crippen molar-refractivity contribution in [2.45, 2.75) is 6.54 Å². The van der Waals surface area contributed by atoms with E-state index in [4.69, 9.17) is 0 Å². The van der Waals surface area contributed by atoms with Gasteiger partial charge in [-0.05, 0) is 11.6 Å². The zero-order valence-electron chi connectivity index (χ0n) is 11.4. The molecule has 0 unspecified atom stereocenters. The summed E-state index contributed by atoms with van der Waals surface area (Å²) in [4.78, 5) is 16.1. The van der Waals surface area contributed by atoms with Crippen LogP contribution in [-0.2, 0) is 6.54 Å². The van der Waals surface area contributed by atoms with E-state index in [1.807, 2.05) is 34.9 Å². The summed E-state index contributed by atoms with van der Waals surface area (Å²) >= 11 is 0. The number of hydrogen-bond donors (Lipinski definition) is 1. The molecule has 0 fully saturated rings. The van der Waals surface area contributed by atoms with Gasteiger partial charge in [0.1, 0.15) is 5.39 Å². The third-order valence-electron chi connectivity index (χ3n) is 3.68. The van der Waals surface area contributed by atoms with Crippen LogP contribution >= 0.6 is 0 Å². The van der Waals surface area contributed by atoms with Crippen molar-refractivity contribution in [1.29, 1.82) is 0 Å². The molecule has 3 aromatic rings. The van der Waals surface area contributed by atoms with Crippen LogP contribution in [0.15, 0.2) is 47.4 Å². The predicted molar refractivity (Wildman–Crippen MR) is 81.2 cm³/mol. The number of aromatic nitrogens is 4. The zero-order valence-corrected chi connectivity index (χ0v) is 11.4. The maximum Gasteiger partial charge on any atom is 0.285 e. The van der Waals surface area contributed by atoms with Crippen LogP contribution < -0.4 is 10.9 Å². The van der Waals surface area contributed by atoms with Gasteiger partial charge in [-0.25, -0.2) is 4.68 Å². The van der Waals surface area contributed by atoms with Gasteiger partial charge in [-0.1, -0.05) is 30.3 Å². The number of anilines is 1. The minimum absolute atomic E-state index is 0.258. The first-order chi connectivity index (χ1) is 10.3. The lowest BCUT2D eigenvalue weighted by molar-refractivity contribution is 0.757. The topological polar surface area (TPSA) is 64.7 Å². The van der Waals surface area contributed by atoms with Gasteiger partial charge in [-0.2, -0.15) is 10.1 Å². The van der Waals surface area contributed by atoms with Crippen LogP contribution in [0.2, 0.25) is 0 Å². The Morgan fingerprint density at radius 1 is 1.24 bits per heavy atom. The quantitative estimate of drug-likeness (QED) is 0.772. The first-order valence-corrected chi connectivity index (χ1v) is 6.72. The second-order valence-electron chi connectivity index (χ2n) is 4.85. The van der Waals surface area contributed by atoms with Crippen molar-refractivity contribution in [1.82, 2.24) is 19.3 Å². The molecule has 0 radical (unpaired) electrons. The molecule has 0 spiro atoms. The molecule has 1 N–H and O–H groups in total. The maximum absolute atomic E-state index is 12.1. The van der Waals surface area contributed by atoms with Crippen molar-refractivity contribution in [3.8, 4) is 0 Å². The smallest absolute Gasteiger partial charge is 0.285 e. The van der Waals surface area contributed by atoms with E-state index in [1.165, 1.54) is 0 Å². The Hall–Kier alpha value is -2.89. The molecular formula is C15H13N5O. The summed E-state index contributed by atoms with van der Waals surface area (Å²) in [5.74, 6) is 0.553. The van der Waals surface area contributed by atoms with Crippen molar-refractivity contribution in [2.24, 2.45) is 0 Å². The lowest BCUT2D eigenvalue weighted by Gasteiger charge is -2.20. The highest BCUT2D eigenvalue weighted by molar-refractivity contribution is 5.83. The minimum atomic E-state index is -0.258. The molecule has 6 heteroatoms. The van der Waals surface area contributed by atoms with Crippen LogP contribution in [0.4, 0.5) is 5.95 Å². The van der Waals surface area contributed by atoms with Gasteiger partial charge in [0, 0.05) is 13.6 Å². The second kappa shape index (κ2) is 4.31. The van der Waals surface area contributed by atoms with Crippen LogP contribution in [0.1, 0.15) is 5.56 Å². The molecule has 6 nitrogen and oxygen atoms in total. The highest BCUT2D eigenvalue weighted by Gasteiger charge is 2.20. The standard InChI is InChI=1S/C15H13N5O/c1-16-15-18-13(21)11-9-17-20-12(7-8-19(15)14(11)20)10-5-3-2-4-6-10/h2-7,9H,8H2,1H3,(H,16,18,21). The van der Waals surface area contributed by atoms with Crippen molar-refractivity contribution in [3.63, 3.8) is 0 Å². The number of nitrogens with one attached hydrogen (secondary N) is 1. The lowest BCUT2D eigenvalue weighted by Crippen LogP contribution is -2.21. The summed E-state index contributed by atoms with van der Waals surface area (Å²) in [6.45, 7) is 0.649. The summed E-state index contributed by atoms with van der Waals surface area (Å²) in [6, 6.07) is 10.0. The van der Waals surface area contributed by atoms with Gasteiger partial charge in [0.2, 0.25) is 5.95 Å². The van der Waals surface area contributed by atoms with Crippen LogP contribution in [0.3, 0.4) is 0 Å². The van der Waals surface area contributed by atoms with E-state index < -0.39 is 0 Å². The minimum Gasteiger partial charge on any atom is -0.359 e. The van der Waals surface area contributed by atoms with Gasteiger partial charge in [0.05, 0.1) is 11.9 Å². The molecule has 3 heterocycles. The van der Waals surface area contributed by atoms with Gasteiger partial charge < -0.3 is 5.32 Å². The normalized spacial score (nSPS) is 13.3. The monoisotopic (exact) mass is 279 g/mol. The molecule has 1 aromatic carbocycles. The largest absolute Gasteiger partial charge is 0.359 e. The van der Waals surface area contributed by atoms with E-state index in [0.29, 0.717) is 17.9 Å². The molecule has 4 rings (SSSR count). The summed E-state index contributed by atoms with van der Waals surface area (Å²) in [7, 11) is 1.76. The molecule has 0 bridgehead atoms. The molecule has 0 atom stereocenters. The van der Waals surface area contributed by atoms with Gasteiger partial charge >= 0.3 is 0 Å². The van der Waals surface area contributed by atoms with Gasteiger partial charge in [0.15, 0.2) is 5.65 Å². The molecule has 104 valence electrons. The van der Waals surface area contributed by atoms with Gasteiger partial charge in [0.25, 0.3) is 5.56 Å². The Bertz CT molecular complexity index is 920. The van der Waals surface area contributed by atoms with E-state index >= 15 is 0 Å². The lowest BCUT2D eigenvalue weighted by atomic mass is 10.1. The van der Waals surface area contributed by atoms with Crippen LogP contribution in [0, 0.1) is 0 Å². The Morgan fingerprint density at radius 3 is 2.81 bits per heavy atom. The molecule has 0 saturated carbocycles. The molecule has 2 aromatic heterocycles. The molecular weight excluding hydrogens is 266 g/mol. The summed E-state index contributed by atoms with van der Waals surface area (Å²) < 4.78 is 3.76.